The molecule has 20 heavy (non-hydrogen) atoms. The summed E-state index contributed by atoms with van der Waals surface area (Å²) in [4.78, 5) is 16.6. The average molecular weight is 269 g/mol. The number of nitrogens with two attached hydrogens (primary N) is 1. The molecule has 8 nitrogen and oxygen atoms in total. The van der Waals surface area contributed by atoms with Gasteiger partial charge in [0.05, 0.1) is 7.11 Å². The first-order valence-corrected chi connectivity index (χ1v) is 5.78. The lowest BCUT2D eigenvalue weighted by Gasteiger charge is -2.05. The molecule has 3 heterocycles. The third-order valence-electron chi connectivity index (χ3n) is 2.55. The molecular weight excluding hydrogens is 258 g/mol. The number of nitrogens with zero attached hydrogens (tertiary/aromatic N) is 6. The van der Waals surface area contributed by atoms with Crippen LogP contribution < -0.4 is 10.5 Å². The summed E-state index contributed by atoms with van der Waals surface area (Å²) in [6, 6.07) is 5.30. The maximum atomic E-state index is 5.71. The predicted octanol–water partition coefficient (Wildman–Crippen LogP) is 0.710. The van der Waals surface area contributed by atoms with E-state index in [0.717, 1.165) is 0 Å². The predicted molar refractivity (Wildman–Crippen MR) is 71.1 cm³/mol. The molecule has 0 aliphatic heterocycles. The molecule has 0 saturated carbocycles. The molecule has 3 aromatic rings. The number of hydrogen-bond donors (Lipinski definition) is 1. The second-order valence-corrected chi connectivity index (χ2v) is 3.86. The van der Waals surface area contributed by atoms with Gasteiger partial charge in [-0.2, -0.15) is 20.1 Å². The lowest BCUT2D eigenvalue weighted by molar-refractivity contribution is 0.398. The van der Waals surface area contributed by atoms with Gasteiger partial charge in [0.1, 0.15) is 0 Å². The zero-order valence-electron chi connectivity index (χ0n) is 10.6. The number of rotatable bonds is 3. The molecule has 2 N–H and O–H groups in total. The molecule has 100 valence electrons. The van der Waals surface area contributed by atoms with Crippen LogP contribution in [0.25, 0.3) is 17.3 Å². The van der Waals surface area contributed by atoms with E-state index in [-0.39, 0.29) is 5.95 Å². The SMILES string of the molecule is COc1ccc(-c2nc(N)nc(-n3cccn3)n2)cn1. The highest BCUT2D eigenvalue weighted by molar-refractivity contribution is 5.55. The topological polar surface area (TPSA) is 105 Å². The van der Waals surface area contributed by atoms with E-state index in [0.29, 0.717) is 23.2 Å². The van der Waals surface area contributed by atoms with Gasteiger partial charge in [-0.15, -0.1) is 0 Å². The van der Waals surface area contributed by atoms with Gasteiger partial charge in [-0.3, -0.25) is 0 Å². The number of aromatic nitrogens is 6. The Bertz CT molecular complexity index is 709. The Morgan fingerprint density at radius 2 is 2.10 bits per heavy atom. The second kappa shape index (κ2) is 4.92. The molecule has 0 bridgehead atoms. The Labute approximate surface area is 114 Å². The van der Waals surface area contributed by atoms with Crippen molar-refractivity contribution in [3.8, 4) is 23.2 Å². The lowest BCUT2D eigenvalue weighted by atomic mass is 10.3. The fourth-order valence-corrected chi connectivity index (χ4v) is 1.63. The Balaban J connectivity index is 2.04. The highest BCUT2D eigenvalue weighted by Crippen LogP contribution is 2.17. The zero-order valence-corrected chi connectivity index (χ0v) is 10.6. The van der Waals surface area contributed by atoms with Gasteiger partial charge in [0, 0.05) is 30.2 Å². The van der Waals surface area contributed by atoms with Gasteiger partial charge in [-0.1, -0.05) is 0 Å². The van der Waals surface area contributed by atoms with Gasteiger partial charge in [0.25, 0.3) is 5.95 Å². The molecule has 0 saturated heterocycles. The van der Waals surface area contributed by atoms with Crippen LogP contribution in [0, 0.1) is 0 Å². The Hall–Kier alpha value is -3.03. The molecule has 0 aliphatic carbocycles. The Morgan fingerprint density at radius 1 is 1.20 bits per heavy atom. The summed E-state index contributed by atoms with van der Waals surface area (Å²) < 4.78 is 6.52. The molecule has 0 unspecified atom stereocenters. The monoisotopic (exact) mass is 269 g/mol. The summed E-state index contributed by atoms with van der Waals surface area (Å²) in [5.74, 6) is 1.42. The first kappa shape index (κ1) is 12.0. The van der Waals surface area contributed by atoms with Crippen LogP contribution in [0.2, 0.25) is 0 Å². The van der Waals surface area contributed by atoms with Crippen molar-refractivity contribution >= 4 is 5.95 Å². The van der Waals surface area contributed by atoms with Crippen molar-refractivity contribution in [3.63, 3.8) is 0 Å². The minimum atomic E-state index is 0.122. The maximum absolute atomic E-state index is 5.71. The molecule has 3 aromatic heterocycles. The lowest BCUT2D eigenvalue weighted by Crippen LogP contribution is -2.08. The van der Waals surface area contributed by atoms with Crippen molar-refractivity contribution in [2.45, 2.75) is 0 Å². The zero-order chi connectivity index (χ0) is 13.9. The van der Waals surface area contributed by atoms with Crippen molar-refractivity contribution in [2.75, 3.05) is 12.8 Å². The van der Waals surface area contributed by atoms with Gasteiger partial charge >= 0.3 is 0 Å². The van der Waals surface area contributed by atoms with E-state index in [2.05, 4.69) is 25.0 Å². The number of anilines is 1. The quantitative estimate of drug-likeness (QED) is 0.746. The molecule has 0 atom stereocenters. The molecule has 8 heteroatoms. The summed E-state index contributed by atoms with van der Waals surface area (Å²) >= 11 is 0. The summed E-state index contributed by atoms with van der Waals surface area (Å²) in [6.45, 7) is 0. The molecule has 0 radical (unpaired) electrons. The Morgan fingerprint density at radius 3 is 2.75 bits per heavy atom. The highest BCUT2D eigenvalue weighted by atomic mass is 16.5. The number of pyridine rings is 1. The van der Waals surface area contributed by atoms with Crippen molar-refractivity contribution in [3.05, 3.63) is 36.8 Å². The highest BCUT2D eigenvalue weighted by Gasteiger charge is 2.09. The van der Waals surface area contributed by atoms with E-state index in [9.17, 15) is 0 Å². The molecule has 0 aliphatic rings. The van der Waals surface area contributed by atoms with Crippen LogP contribution >= 0.6 is 0 Å². The van der Waals surface area contributed by atoms with Crippen LogP contribution in [-0.2, 0) is 0 Å². The van der Waals surface area contributed by atoms with Crippen LogP contribution in [0.4, 0.5) is 5.95 Å². The third-order valence-corrected chi connectivity index (χ3v) is 2.55. The maximum Gasteiger partial charge on any atom is 0.255 e. The van der Waals surface area contributed by atoms with Crippen molar-refractivity contribution in [1.82, 2.24) is 29.7 Å². The van der Waals surface area contributed by atoms with E-state index < -0.39 is 0 Å². The van der Waals surface area contributed by atoms with E-state index >= 15 is 0 Å². The number of hydrogen-bond acceptors (Lipinski definition) is 7. The normalized spacial score (nSPS) is 10.4. The minimum absolute atomic E-state index is 0.122. The van der Waals surface area contributed by atoms with E-state index in [1.165, 1.54) is 4.68 Å². The summed E-state index contributed by atoms with van der Waals surface area (Å²) in [7, 11) is 1.55. The van der Waals surface area contributed by atoms with E-state index in [4.69, 9.17) is 10.5 Å². The smallest absolute Gasteiger partial charge is 0.255 e. The average Bonchev–Trinajstić information content (AvgIpc) is 3.01. The largest absolute Gasteiger partial charge is 0.481 e. The minimum Gasteiger partial charge on any atom is -0.481 e. The molecule has 0 spiro atoms. The van der Waals surface area contributed by atoms with E-state index in [1.807, 2.05) is 0 Å². The first-order chi connectivity index (χ1) is 9.76. The van der Waals surface area contributed by atoms with Gasteiger partial charge in [-0.25, -0.2) is 9.67 Å². The molecule has 0 aromatic carbocycles. The molecule has 0 fully saturated rings. The molecule has 0 amide bonds. The second-order valence-electron chi connectivity index (χ2n) is 3.86. The summed E-state index contributed by atoms with van der Waals surface area (Å²) in [5.41, 5.74) is 6.43. The standard InChI is InChI=1S/C12H11N7O/c1-20-9-4-3-8(7-14-9)10-16-11(13)18-12(17-10)19-6-2-5-15-19/h2-7H,1H3,(H2,13,16,17,18). The fourth-order valence-electron chi connectivity index (χ4n) is 1.63. The van der Waals surface area contributed by atoms with E-state index in [1.54, 1.807) is 43.9 Å². The van der Waals surface area contributed by atoms with Gasteiger partial charge < -0.3 is 10.5 Å². The summed E-state index contributed by atoms with van der Waals surface area (Å²) in [5, 5.41) is 4.06. The first-order valence-electron chi connectivity index (χ1n) is 5.78. The Kier molecular flexibility index (Phi) is 2.96. The van der Waals surface area contributed by atoms with Crippen molar-refractivity contribution in [1.29, 1.82) is 0 Å². The number of methoxy groups -OCH3 is 1. The molecule has 3 rings (SSSR count). The number of nitrogen functional groups attached to an aromatic ring is 1. The summed E-state index contributed by atoms with van der Waals surface area (Å²) in [6.07, 6.45) is 4.97. The fraction of sp³-hybridized carbons (Fsp3) is 0.0833. The van der Waals surface area contributed by atoms with Gasteiger partial charge in [0.15, 0.2) is 5.82 Å². The van der Waals surface area contributed by atoms with Crippen molar-refractivity contribution in [2.24, 2.45) is 0 Å². The van der Waals surface area contributed by atoms with Gasteiger partial charge in [0.2, 0.25) is 11.8 Å². The van der Waals surface area contributed by atoms with Crippen LogP contribution in [-0.4, -0.2) is 36.8 Å². The molecular formula is C12H11N7O. The number of ether oxygens (including phenoxy) is 1. The van der Waals surface area contributed by atoms with Crippen molar-refractivity contribution < 1.29 is 4.74 Å². The van der Waals surface area contributed by atoms with Crippen LogP contribution in [0.15, 0.2) is 36.8 Å². The van der Waals surface area contributed by atoms with Gasteiger partial charge in [-0.05, 0) is 12.1 Å². The van der Waals surface area contributed by atoms with Crippen LogP contribution in [0.1, 0.15) is 0 Å². The van der Waals surface area contributed by atoms with Crippen LogP contribution in [0.3, 0.4) is 0 Å². The van der Waals surface area contributed by atoms with Crippen LogP contribution in [0.5, 0.6) is 5.88 Å². The third kappa shape index (κ3) is 2.26.